The number of amides is 1. The first kappa shape index (κ1) is 16.5. The number of pyridine rings is 1. The average Bonchev–Trinajstić information content (AvgIpc) is 2.90. The van der Waals surface area contributed by atoms with E-state index in [-0.39, 0.29) is 22.9 Å². The van der Waals surface area contributed by atoms with Gasteiger partial charge in [-0.25, -0.2) is 0 Å². The van der Waals surface area contributed by atoms with Crippen LogP contribution in [0.3, 0.4) is 0 Å². The van der Waals surface area contributed by atoms with Crippen molar-refractivity contribution >= 4 is 28.3 Å². The van der Waals surface area contributed by atoms with Gasteiger partial charge in [0.1, 0.15) is 5.76 Å². The van der Waals surface area contributed by atoms with Crippen LogP contribution < -0.4 is 5.32 Å². The second kappa shape index (κ2) is 5.80. The smallest absolute Gasteiger partial charge is 0.291 e. The van der Waals surface area contributed by atoms with Crippen LogP contribution in [0.4, 0.5) is 5.69 Å². The summed E-state index contributed by atoms with van der Waals surface area (Å²) < 4.78 is 5.84. The molecule has 3 aromatic rings. The molecule has 5 nitrogen and oxygen atoms in total. The van der Waals surface area contributed by atoms with E-state index in [0.717, 1.165) is 10.9 Å². The van der Waals surface area contributed by atoms with Crippen LogP contribution in [0.1, 0.15) is 52.5 Å². The van der Waals surface area contributed by atoms with E-state index in [1.54, 1.807) is 19.2 Å². The van der Waals surface area contributed by atoms with Crippen LogP contribution in [0.2, 0.25) is 0 Å². The summed E-state index contributed by atoms with van der Waals surface area (Å²) in [5.74, 6) is 0.503. The third-order valence-corrected chi connectivity index (χ3v) is 4.86. The molecular formula is C21H20N2O3. The zero-order chi connectivity index (χ0) is 18.5. The molecule has 132 valence electrons. The lowest BCUT2D eigenvalue weighted by Gasteiger charge is -2.27. The van der Waals surface area contributed by atoms with E-state index < -0.39 is 0 Å². The first-order chi connectivity index (χ1) is 12.4. The summed E-state index contributed by atoms with van der Waals surface area (Å²) in [7, 11) is 0. The van der Waals surface area contributed by atoms with Crippen molar-refractivity contribution < 1.29 is 14.0 Å². The molecule has 1 N–H and O–H groups in total. The Morgan fingerprint density at radius 3 is 2.77 bits per heavy atom. The number of hydrogen-bond acceptors (Lipinski definition) is 4. The number of nitrogens with zero attached hydrogens (tertiary/aromatic N) is 1. The maximum Gasteiger partial charge on any atom is 0.291 e. The van der Waals surface area contributed by atoms with Crippen molar-refractivity contribution in [2.75, 3.05) is 5.32 Å². The molecule has 0 spiro atoms. The van der Waals surface area contributed by atoms with Gasteiger partial charge in [-0.05, 0) is 24.5 Å². The highest BCUT2D eigenvalue weighted by Crippen LogP contribution is 2.38. The van der Waals surface area contributed by atoms with Crippen molar-refractivity contribution in [3.8, 4) is 0 Å². The van der Waals surface area contributed by atoms with Gasteiger partial charge in [-0.15, -0.1) is 0 Å². The van der Waals surface area contributed by atoms with E-state index in [4.69, 9.17) is 4.42 Å². The molecule has 0 bridgehead atoms. The minimum absolute atomic E-state index is 0.0448. The lowest BCUT2D eigenvalue weighted by atomic mass is 9.76. The number of Topliss-reactive ketones (excluding diaryl/α,β-unsaturated/α-hetero) is 1. The SMILES string of the molecule is Cc1c(C(=O)Nc2cccc3cccnc23)oc2c1C(=O)CC(C)(C)C2. The number of ketones is 1. The maximum absolute atomic E-state index is 12.8. The number of fused-ring (bicyclic) bond motifs is 2. The van der Waals surface area contributed by atoms with Gasteiger partial charge in [-0.1, -0.05) is 32.0 Å². The molecule has 1 aliphatic rings. The standard InChI is InChI=1S/C21H20N2O3/c1-12-17-15(24)10-21(2,3)11-16(17)26-19(12)20(25)23-14-8-4-6-13-7-5-9-22-18(13)14/h4-9H,10-11H2,1-3H3,(H,23,25). The minimum atomic E-state index is -0.361. The van der Waals surface area contributed by atoms with Gasteiger partial charge in [0.05, 0.1) is 16.8 Å². The zero-order valence-electron chi connectivity index (χ0n) is 15.1. The normalized spacial score (nSPS) is 15.7. The second-order valence-electron chi connectivity index (χ2n) is 7.63. The van der Waals surface area contributed by atoms with Crippen molar-refractivity contribution in [3.63, 3.8) is 0 Å². The minimum Gasteiger partial charge on any atom is -0.455 e. The summed E-state index contributed by atoms with van der Waals surface area (Å²) >= 11 is 0. The first-order valence-electron chi connectivity index (χ1n) is 8.66. The van der Waals surface area contributed by atoms with E-state index in [9.17, 15) is 9.59 Å². The van der Waals surface area contributed by atoms with Gasteiger partial charge < -0.3 is 9.73 Å². The largest absolute Gasteiger partial charge is 0.455 e. The number of para-hydroxylation sites is 1. The first-order valence-corrected chi connectivity index (χ1v) is 8.66. The second-order valence-corrected chi connectivity index (χ2v) is 7.63. The Kier molecular flexibility index (Phi) is 3.68. The number of nitrogens with one attached hydrogen (secondary N) is 1. The third kappa shape index (κ3) is 2.69. The summed E-state index contributed by atoms with van der Waals surface area (Å²) in [5, 5.41) is 3.82. The predicted molar refractivity (Wildman–Crippen MR) is 99.6 cm³/mol. The van der Waals surface area contributed by atoms with Crippen LogP contribution >= 0.6 is 0 Å². The number of aromatic nitrogens is 1. The van der Waals surface area contributed by atoms with E-state index >= 15 is 0 Å². The molecule has 5 heteroatoms. The van der Waals surface area contributed by atoms with Gasteiger partial charge in [0, 0.05) is 30.0 Å². The number of hydrogen-bond donors (Lipinski definition) is 1. The Bertz CT molecular complexity index is 1040. The molecule has 0 unspecified atom stereocenters. The van der Waals surface area contributed by atoms with Crippen LogP contribution in [0.25, 0.3) is 10.9 Å². The molecule has 1 aliphatic carbocycles. The molecule has 0 fully saturated rings. The molecular weight excluding hydrogens is 328 g/mol. The zero-order valence-corrected chi connectivity index (χ0v) is 15.1. The van der Waals surface area contributed by atoms with Gasteiger partial charge >= 0.3 is 0 Å². The monoisotopic (exact) mass is 348 g/mol. The van der Waals surface area contributed by atoms with Gasteiger partial charge in [0.15, 0.2) is 11.5 Å². The molecule has 0 saturated heterocycles. The summed E-state index contributed by atoms with van der Waals surface area (Å²) in [6.07, 6.45) is 2.81. The van der Waals surface area contributed by atoms with E-state index in [2.05, 4.69) is 10.3 Å². The number of carbonyl (C=O) groups is 2. The molecule has 0 saturated carbocycles. The Morgan fingerprint density at radius 1 is 1.19 bits per heavy atom. The molecule has 1 aromatic carbocycles. The molecule has 0 aliphatic heterocycles. The molecule has 2 aromatic heterocycles. The number of benzene rings is 1. The molecule has 1 amide bonds. The van der Waals surface area contributed by atoms with E-state index in [0.29, 0.717) is 35.4 Å². The lowest BCUT2D eigenvalue weighted by molar-refractivity contribution is 0.0898. The van der Waals surface area contributed by atoms with Crippen molar-refractivity contribution in [1.82, 2.24) is 4.98 Å². The molecule has 26 heavy (non-hydrogen) atoms. The Morgan fingerprint density at radius 2 is 1.96 bits per heavy atom. The quantitative estimate of drug-likeness (QED) is 0.738. The molecule has 0 radical (unpaired) electrons. The highest BCUT2D eigenvalue weighted by Gasteiger charge is 2.37. The fourth-order valence-corrected chi connectivity index (χ4v) is 3.68. The Labute approximate surface area is 151 Å². The van der Waals surface area contributed by atoms with Crippen LogP contribution in [0.5, 0.6) is 0 Å². The van der Waals surface area contributed by atoms with E-state index in [1.807, 2.05) is 38.1 Å². The molecule has 2 heterocycles. The summed E-state index contributed by atoms with van der Waals surface area (Å²) in [5.41, 5.74) is 2.38. The van der Waals surface area contributed by atoms with Crippen LogP contribution in [0.15, 0.2) is 40.9 Å². The maximum atomic E-state index is 12.8. The molecule has 0 atom stereocenters. The Balaban J connectivity index is 1.71. The highest BCUT2D eigenvalue weighted by molar-refractivity contribution is 6.10. The van der Waals surface area contributed by atoms with Crippen LogP contribution in [-0.2, 0) is 6.42 Å². The lowest BCUT2D eigenvalue weighted by Crippen LogP contribution is -2.26. The highest BCUT2D eigenvalue weighted by atomic mass is 16.4. The summed E-state index contributed by atoms with van der Waals surface area (Å²) in [6.45, 7) is 5.84. The number of carbonyl (C=O) groups excluding carboxylic acids is 2. The van der Waals surface area contributed by atoms with Crippen molar-refractivity contribution in [2.24, 2.45) is 5.41 Å². The van der Waals surface area contributed by atoms with Gasteiger partial charge in [0.2, 0.25) is 0 Å². The van der Waals surface area contributed by atoms with Gasteiger partial charge in [0.25, 0.3) is 5.91 Å². The fourth-order valence-electron chi connectivity index (χ4n) is 3.68. The third-order valence-electron chi connectivity index (χ3n) is 4.86. The number of anilines is 1. The number of rotatable bonds is 2. The topological polar surface area (TPSA) is 72.2 Å². The van der Waals surface area contributed by atoms with Crippen molar-refractivity contribution in [1.29, 1.82) is 0 Å². The van der Waals surface area contributed by atoms with Crippen molar-refractivity contribution in [2.45, 2.75) is 33.6 Å². The average molecular weight is 348 g/mol. The molecule has 4 rings (SSSR count). The predicted octanol–water partition coefficient (Wildman–Crippen LogP) is 4.54. The summed E-state index contributed by atoms with van der Waals surface area (Å²) in [4.78, 5) is 29.7. The van der Waals surface area contributed by atoms with Crippen molar-refractivity contribution in [3.05, 3.63) is 59.2 Å². The Hall–Kier alpha value is -2.95. The van der Waals surface area contributed by atoms with Crippen LogP contribution in [-0.4, -0.2) is 16.7 Å². The van der Waals surface area contributed by atoms with Gasteiger partial charge in [-0.2, -0.15) is 0 Å². The van der Waals surface area contributed by atoms with Gasteiger partial charge in [-0.3, -0.25) is 14.6 Å². The number of furan rings is 1. The fraction of sp³-hybridized carbons (Fsp3) is 0.286. The van der Waals surface area contributed by atoms with E-state index in [1.165, 1.54) is 0 Å². The summed E-state index contributed by atoms with van der Waals surface area (Å²) in [6, 6.07) is 9.41. The van der Waals surface area contributed by atoms with Crippen LogP contribution in [0, 0.1) is 12.3 Å².